The van der Waals surface area contributed by atoms with Gasteiger partial charge in [-0.05, 0) is 38.1 Å². The lowest BCUT2D eigenvalue weighted by Crippen LogP contribution is -2.54. The molecule has 8 heteroatoms. The van der Waals surface area contributed by atoms with Crippen molar-refractivity contribution >= 4 is 5.82 Å². The fraction of sp³-hybridized carbons (Fsp3) is 0.429. The van der Waals surface area contributed by atoms with Crippen molar-refractivity contribution in [3.8, 4) is 5.82 Å². The largest absolute Gasteiger partial charge is 0.387 e. The molecule has 0 saturated carbocycles. The standard InChI is InChI=1S/C21H27N7O/c1-26(13-7-18-6-2-3-9-22-18)15-21(29)8-4-11-27(16-21)19-14-20(24-17-23-19)28-12-5-10-25-28/h2-3,5-6,9-10,12,14,17,29H,4,7-8,11,13,15-16H2,1H3. The molecule has 0 radical (unpaired) electrons. The number of rotatable bonds is 7. The summed E-state index contributed by atoms with van der Waals surface area (Å²) in [5, 5.41) is 15.5. The lowest BCUT2D eigenvalue weighted by atomic mass is 9.92. The Kier molecular flexibility index (Phi) is 5.82. The van der Waals surface area contributed by atoms with Gasteiger partial charge in [0.1, 0.15) is 12.1 Å². The van der Waals surface area contributed by atoms with Crippen molar-refractivity contribution in [1.82, 2.24) is 29.6 Å². The first-order valence-corrected chi connectivity index (χ1v) is 9.99. The van der Waals surface area contributed by atoms with Crippen LogP contribution < -0.4 is 4.90 Å². The molecule has 1 saturated heterocycles. The van der Waals surface area contributed by atoms with Crippen molar-refractivity contribution in [1.29, 1.82) is 0 Å². The van der Waals surface area contributed by atoms with E-state index in [-0.39, 0.29) is 0 Å². The van der Waals surface area contributed by atoms with E-state index in [0.717, 1.165) is 49.7 Å². The molecule has 3 aromatic rings. The Bertz CT molecular complexity index is 902. The number of hydrogen-bond acceptors (Lipinski definition) is 7. The average molecular weight is 393 g/mol. The SMILES string of the molecule is CN(CCc1ccccn1)CC1(O)CCCN(c2cc(-n3cccn3)ncn2)C1. The number of hydrogen-bond donors (Lipinski definition) is 1. The predicted octanol–water partition coefficient (Wildman–Crippen LogP) is 1.56. The molecule has 1 aliphatic heterocycles. The lowest BCUT2D eigenvalue weighted by Gasteiger charge is -2.41. The minimum absolute atomic E-state index is 0.552. The van der Waals surface area contributed by atoms with Gasteiger partial charge in [0.2, 0.25) is 0 Å². The van der Waals surface area contributed by atoms with Gasteiger partial charge in [0.05, 0.1) is 5.60 Å². The molecule has 8 nitrogen and oxygen atoms in total. The van der Waals surface area contributed by atoms with Gasteiger partial charge in [0.15, 0.2) is 5.82 Å². The van der Waals surface area contributed by atoms with Crippen LogP contribution in [0.15, 0.2) is 55.2 Å². The first-order chi connectivity index (χ1) is 14.1. The van der Waals surface area contributed by atoms with Crippen LogP contribution in [0, 0.1) is 0 Å². The van der Waals surface area contributed by atoms with E-state index >= 15 is 0 Å². The summed E-state index contributed by atoms with van der Waals surface area (Å²) >= 11 is 0. The molecule has 1 unspecified atom stereocenters. The summed E-state index contributed by atoms with van der Waals surface area (Å²) < 4.78 is 1.71. The number of pyridine rings is 1. The van der Waals surface area contributed by atoms with Crippen molar-refractivity contribution in [2.24, 2.45) is 0 Å². The second-order valence-electron chi connectivity index (χ2n) is 7.74. The molecule has 0 aliphatic carbocycles. The molecule has 1 aliphatic rings. The second kappa shape index (κ2) is 8.67. The number of piperidine rings is 1. The molecule has 0 aromatic carbocycles. The van der Waals surface area contributed by atoms with Crippen LogP contribution in [0.2, 0.25) is 0 Å². The van der Waals surface area contributed by atoms with Gasteiger partial charge in [-0.3, -0.25) is 4.98 Å². The monoisotopic (exact) mass is 393 g/mol. The zero-order valence-electron chi connectivity index (χ0n) is 16.7. The van der Waals surface area contributed by atoms with E-state index in [1.165, 1.54) is 0 Å². The fourth-order valence-corrected chi connectivity index (χ4v) is 3.91. The number of likely N-dealkylation sites (N-methyl/N-ethyl adjacent to an activating group) is 1. The fourth-order valence-electron chi connectivity index (χ4n) is 3.91. The van der Waals surface area contributed by atoms with Gasteiger partial charge in [-0.25, -0.2) is 14.6 Å². The van der Waals surface area contributed by atoms with E-state index < -0.39 is 5.60 Å². The molecular formula is C21H27N7O. The number of nitrogens with zero attached hydrogens (tertiary/aromatic N) is 7. The quantitative estimate of drug-likeness (QED) is 0.652. The van der Waals surface area contributed by atoms with Gasteiger partial charge in [-0.1, -0.05) is 6.07 Å². The molecule has 4 heterocycles. The third-order valence-electron chi connectivity index (χ3n) is 5.30. The maximum atomic E-state index is 11.3. The van der Waals surface area contributed by atoms with Crippen LogP contribution in [0.25, 0.3) is 5.82 Å². The first kappa shape index (κ1) is 19.5. The Balaban J connectivity index is 1.39. The molecule has 1 atom stereocenters. The van der Waals surface area contributed by atoms with E-state index in [9.17, 15) is 5.11 Å². The van der Waals surface area contributed by atoms with E-state index in [2.05, 4.69) is 36.9 Å². The van der Waals surface area contributed by atoms with Crippen molar-refractivity contribution in [2.45, 2.75) is 24.9 Å². The molecule has 1 fully saturated rings. The molecule has 29 heavy (non-hydrogen) atoms. The number of aromatic nitrogens is 5. The van der Waals surface area contributed by atoms with Crippen molar-refractivity contribution in [3.63, 3.8) is 0 Å². The number of anilines is 1. The van der Waals surface area contributed by atoms with E-state index in [1.807, 2.05) is 42.7 Å². The second-order valence-corrected chi connectivity index (χ2v) is 7.74. The summed E-state index contributed by atoms with van der Waals surface area (Å²) in [5.74, 6) is 1.54. The Morgan fingerprint density at radius 3 is 2.83 bits per heavy atom. The summed E-state index contributed by atoms with van der Waals surface area (Å²) in [4.78, 5) is 17.4. The zero-order chi connectivity index (χ0) is 20.1. The topological polar surface area (TPSA) is 83.2 Å². The van der Waals surface area contributed by atoms with Crippen LogP contribution in [0.1, 0.15) is 18.5 Å². The highest BCUT2D eigenvalue weighted by molar-refractivity contribution is 5.44. The molecule has 152 valence electrons. The summed E-state index contributed by atoms with van der Waals surface area (Å²) in [6, 6.07) is 9.76. The highest BCUT2D eigenvalue weighted by Crippen LogP contribution is 2.26. The highest BCUT2D eigenvalue weighted by atomic mass is 16.3. The summed E-state index contributed by atoms with van der Waals surface area (Å²) in [6.45, 7) is 2.90. The Hall–Kier alpha value is -2.84. The summed E-state index contributed by atoms with van der Waals surface area (Å²) in [7, 11) is 2.06. The minimum Gasteiger partial charge on any atom is -0.387 e. The third-order valence-corrected chi connectivity index (χ3v) is 5.30. The van der Waals surface area contributed by atoms with Gasteiger partial charge in [-0.2, -0.15) is 5.10 Å². The lowest BCUT2D eigenvalue weighted by molar-refractivity contribution is -0.00159. The van der Waals surface area contributed by atoms with Crippen LogP contribution in [-0.2, 0) is 6.42 Å². The molecule has 0 amide bonds. The van der Waals surface area contributed by atoms with E-state index in [1.54, 1.807) is 17.2 Å². The van der Waals surface area contributed by atoms with Gasteiger partial charge in [0, 0.05) is 63.0 Å². The highest BCUT2D eigenvalue weighted by Gasteiger charge is 2.35. The van der Waals surface area contributed by atoms with E-state index in [0.29, 0.717) is 13.1 Å². The van der Waals surface area contributed by atoms with Crippen molar-refractivity contribution in [2.75, 3.05) is 38.1 Å². The molecule has 0 bridgehead atoms. The zero-order valence-corrected chi connectivity index (χ0v) is 16.7. The maximum absolute atomic E-state index is 11.3. The van der Waals surface area contributed by atoms with Crippen LogP contribution in [0.5, 0.6) is 0 Å². The number of aliphatic hydroxyl groups is 1. The van der Waals surface area contributed by atoms with Crippen molar-refractivity contribution in [3.05, 3.63) is 60.9 Å². The number of β-amino-alcohol motifs (C(OH)–C–C–N with tert-alkyl or cyclic N) is 1. The molecule has 0 spiro atoms. The van der Waals surface area contributed by atoms with Gasteiger partial charge < -0.3 is 14.9 Å². The minimum atomic E-state index is -0.770. The van der Waals surface area contributed by atoms with Crippen LogP contribution in [0.4, 0.5) is 5.82 Å². The van der Waals surface area contributed by atoms with Crippen LogP contribution in [0.3, 0.4) is 0 Å². The third kappa shape index (κ3) is 4.96. The van der Waals surface area contributed by atoms with Gasteiger partial charge >= 0.3 is 0 Å². The Morgan fingerprint density at radius 2 is 2.03 bits per heavy atom. The summed E-state index contributed by atoms with van der Waals surface area (Å²) in [6.07, 6.45) is 9.54. The maximum Gasteiger partial charge on any atom is 0.158 e. The van der Waals surface area contributed by atoms with Gasteiger partial charge in [-0.15, -0.1) is 0 Å². The average Bonchev–Trinajstić information content (AvgIpc) is 3.28. The first-order valence-electron chi connectivity index (χ1n) is 9.99. The van der Waals surface area contributed by atoms with Crippen molar-refractivity contribution < 1.29 is 5.11 Å². The van der Waals surface area contributed by atoms with E-state index in [4.69, 9.17) is 0 Å². The molecule has 3 aromatic heterocycles. The normalized spacial score (nSPS) is 19.6. The molecule has 4 rings (SSSR count). The van der Waals surface area contributed by atoms with Crippen LogP contribution >= 0.6 is 0 Å². The summed E-state index contributed by atoms with van der Waals surface area (Å²) in [5.41, 5.74) is 0.303. The molecule has 1 N–H and O–H groups in total. The predicted molar refractivity (Wildman–Crippen MR) is 111 cm³/mol. The van der Waals surface area contributed by atoms with Crippen LogP contribution in [-0.4, -0.2) is 73.6 Å². The molecular weight excluding hydrogens is 366 g/mol. The Labute approximate surface area is 170 Å². The Morgan fingerprint density at radius 1 is 1.14 bits per heavy atom. The smallest absolute Gasteiger partial charge is 0.158 e. The van der Waals surface area contributed by atoms with Gasteiger partial charge in [0.25, 0.3) is 0 Å².